The number of hydrogen-bond donors (Lipinski definition) is 3. The SMILES string of the molecule is Cc1ccc(S(=O)(=O)NCCC(=O)OCC(=O)NC(=O)NC2CCCC2)c(C)c1. The molecular weight excluding hydrogens is 398 g/mol. The third-order valence-electron chi connectivity index (χ3n) is 4.55. The monoisotopic (exact) mass is 425 g/mol. The van der Waals surface area contributed by atoms with Crippen molar-refractivity contribution in [2.75, 3.05) is 13.2 Å². The maximum Gasteiger partial charge on any atom is 0.321 e. The molecule has 1 fully saturated rings. The molecule has 1 aromatic carbocycles. The van der Waals surface area contributed by atoms with Gasteiger partial charge >= 0.3 is 12.0 Å². The maximum atomic E-state index is 12.3. The van der Waals surface area contributed by atoms with Gasteiger partial charge in [-0.05, 0) is 38.3 Å². The van der Waals surface area contributed by atoms with Crippen molar-refractivity contribution in [1.29, 1.82) is 0 Å². The number of hydrogen-bond acceptors (Lipinski definition) is 6. The number of ether oxygens (including phenoxy) is 1. The Labute approximate surface area is 170 Å². The smallest absolute Gasteiger partial charge is 0.321 e. The van der Waals surface area contributed by atoms with Gasteiger partial charge in [-0.3, -0.25) is 14.9 Å². The van der Waals surface area contributed by atoms with Crippen LogP contribution < -0.4 is 15.4 Å². The van der Waals surface area contributed by atoms with Crippen molar-refractivity contribution < 1.29 is 27.5 Å². The molecular formula is C19H27N3O6S. The molecule has 1 saturated carbocycles. The van der Waals surface area contributed by atoms with Gasteiger partial charge in [0, 0.05) is 12.6 Å². The van der Waals surface area contributed by atoms with Crippen LogP contribution in [0.25, 0.3) is 0 Å². The minimum absolute atomic E-state index is 0.0653. The zero-order valence-corrected chi connectivity index (χ0v) is 17.4. The number of nitrogens with one attached hydrogen (secondary N) is 3. The Morgan fingerprint density at radius 3 is 2.48 bits per heavy atom. The van der Waals surface area contributed by atoms with E-state index in [1.54, 1.807) is 19.1 Å². The highest BCUT2D eigenvalue weighted by Gasteiger charge is 2.19. The van der Waals surface area contributed by atoms with Crippen LogP contribution in [-0.2, 0) is 24.3 Å². The van der Waals surface area contributed by atoms with Crippen LogP contribution in [0.3, 0.4) is 0 Å². The lowest BCUT2D eigenvalue weighted by molar-refractivity contribution is -0.148. The Hall–Kier alpha value is -2.46. The van der Waals surface area contributed by atoms with Crippen LogP contribution >= 0.6 is 0 Å². The zero-order valence-electron chi connectivity index (χ0n) is 16.6. The first-order chi connectivity index (χ1) is 13.7. The summed E-state index contributed by atoms with van der Waals surface area (Å²) in [5, 5.41) is 4.78. The van der Waals surface area contributed by atoms with Crippen molar-refractivity contribution in [2.24, 2.45) is 0 Å². The number of carbonyl (C=O) groups excluding carboxylic acids is 3. The van der Waals surface area contributed by atoms with Crippen molar-refractivity contribution in [3.05, 3.63) is 29.3 Å². The summed E-state index contributed by atoms with van der Waals surface area (Å²) in [5.41, 5.74) is 1.55. The summed E-state index contributed by atoms with van der Waals surface area (Å²) in [7, 11) is -3.75. The van der Waals surface area contributed by atoms with Crippen LogP contribution in [0, 0.1) is 13.8 Å². The van der Waals surface area contributed by atoms with E-state index in [-0.39, 0.29) is 23.9 Å². The van der Waals surface area contributed by atoms with E-state index in [9.17, 15) is 22.8 Å². The van der Waals surface area contributed by atoms with Gasteiger partial charge in [0.1, 0.15) is 0 Å². The van der Waals surface area contributed by atoms with Gasteiger partial charge in [-0.15, -0.1) is 0 Å². The van der Waals surface area contributed by atoms with Gasteiger partial charge in [-0.1, -0.05) is 30.5 Å². The van der Waals surface area contributed by atoms with Crippen LogP contribution in [0.15, 0.2) is 23.1 Å². The first-order valence-electron chi connectivity index (χ1n) is 9.50. The molecule has 0 aliphatic heterocycles. The van der Waals surface area contributed by atoms with Crippen molar-refractivity contribution >= 4 is 27.9 Å². The van der Waals surface area contributed by atoms with Crippen LogP contribution in [-0.4, -0.2) is 45.5 Å². The second-order valence-electron chi connectivity index (χ2n) is 7.08. The molecule has 29 heavy (non-hydrogen) atoms. The summed E-state index contributed by atoms with van der Waals surface area (Å²) in [6.45, 7) is 2.78. The highest BCUT2D eigenvalue weighted by molar-refractivity contribution is 7.89. The first kappa shape index (κ1) is 22.8. The number of amides is 3. The molecule has 0 heterocycles. The number of imide groups is 1. The van der Waals surface area contributed by atoms with Crippen LogP contribution in [0.2, 0.25) is 0 Å². The molecule has 0 unspecified atom stereocenters. The van der Waals surface area contributed by atoms with E-state index >= 15 is 0 Å². The average Bonchev–Trinajstić information content (AvgIpc) is 3.12. The summed E-state index contributed by atoms with van der Waals surface area (Å²) >= 11 is 0. The van der Waals surface area contributed by atoms with E-state index in [1.165, 1.54) is 6.07 Å². The molecule has 0 aromatic heterocycles. The normalized spacial score (nSPS) is 14.4. The lowest BCUT2D eigenvalue weighted by Gasteiger charge is -2.12. The minimum atomic E-state index is -3.75. The summed E-state index contributed by atoms with van der Waals surface area (Å²) < 4.78 is 31.7. The van der Waals surface area contributed by atoms with Gasteiger partial charge in [-0.25, -0.2) is 17.9 Å². The van der Waals surface area contributed by atoms with E-state index in [0.29, 0.717) is 5.56 Å². The number of esters is 1. The quantitative estimate of drug-likeness (QED) is 0.538. The Morgan fingerprint density at radius 1 is 1.14 bits per heavy atom. The number of benzene rings is 1. The molecule has 0 radical (unpaired) electrons. The third kappa shape index (κ3) is 7.47. The third-order valence-corrected chi connectivity index (χ3v) is 6.17. The van der Waals surface area contributed by atoms with Gasteiger partial charge in [0.15, 0.2) is 6.61 Å². The number of rotatable bonds is 8. The van der Waals surface area contributed by atoms with E-state index in [0.717, 1.165) is 31.2 Å². The highest BCUT2D eigenvalue weighted by atomic mass is 32.2. The largest absolute Gasteiger partial charge is 0.456 e. The lowest BCUT2D eigenvalue weighted by Crippen LogP contribution is -2.45. The lowest BCUT2D eigenvalue weighted by atomic mass is 10.2. The molecule has 0 spiro atoms. The predicted molar refractivity (Wildman–Crippen MR) is 106 cm³/mol. The van der Waals surface area contributed by atoms with E-state index in [2.05, 4.69) is 15.4 Å². The van der Waals surface area contributed by atoms with Crippen molar-refractivity contribution in [1.82, 2.24) is 15.4 Å². The topological polar surface area (TPSA) is 131 Å². The molecule has 1 aromatic rings. The fourth-order valence-corrected chi connectivity index (χ4v) is 4.39. The Morgan fingerprint density at radius 2 is 1.83 bits per heavy atom. The molecule has 1 aliphatic carbocycles. The molecule has 3 amide bonds. The standard InChI is InChI=1S/C19H27N3O6S/c1-13-7-8-16(14(2)11-13)29(26,27)20-10-9-18(24)28-12-17(23)22-19(25)21-15-5-3-4-6-15/h7-8,11,15,20H,3-6,9-10,12H2,1-2H3,(H2,21,22,23,25). The highest BCUT2D eigenvalue weighted by Crippen LogP contribution is 2.17. The van der Waals surface area contributed by atoms with Gasteiger partial charge in [-0.2, -0.15) is 0 Å². The number of sulfonamides is 1. The van der Waals surface area contributed by atoms with Gasteiger partial charge in [0.05, 0.1) is 11.3 Å². The van der Waals surface area contributed by atoms with Gasteiger partial charge in [0.25, 0.3) is 5.91 Å². The summed E-state index contributed by atoms with van der Waals surface area (Å²) in [6.07, 6.45) is 3.61. The molecule has 3 N–H and O–H groups in total. The maximum absolute atomic E-state index is 12.3. The molecule has 0 bridgehead atoms. The molecule has 9 nitrogen and oxygen atoms in total. The van der Waals surface area contributed by atoms with Crippen molar-refractivity contribution in [3.8, 4) is 0 Å². The minimum Gasteiger partial charge on any atom is -0.456 e. The Balaban J connectivity index is 1.68. The average molecular weight is 426 g/mol. The van der Waals surface area contributed by atoms with Crippen molar-refractivity contribution in [2.45, 2.75) is 56.9 Å². The van der Waals surface area contributed by atoms with Crippen LogP contribution in [0.5, 0.6) is 0 Å². The van der Waals surface area contributed by atoms with E-state index in [4.69, 9.17) is 4.74 Å². The Kier molecular flexibility index (Phi) is 8.15. The molecule has 2 rings (SSSR count). The fraction of sp³-hybridized carbons (Fsp3) is 0.526. The molecule has 0 atom stereocenters. The molecule has 0 saturated heterocycles. The zero-order chi connectivity index (χ0) is 21.4. The number of aryl methyl sites for hydroxylation is 2. The molecule has 160 valence electrons. The van der Waals surface area contributed by atoms with Crippen LogP contribution in [0.1, 0.15) is 43.2 Å². The van der Waals surface area contributed by atoms with E-state index < -0.39 is 34.5 Å². The van der Waals surface area contributed by atoms with Crippen LogP contribution in [0.4, 0.5) is 4.79 Å². The summed E-state index contributed by atoms with van der Waals surface area (Å²) in [5.74, 6) is -1.50. The molecule has 1 aliphatic rings. The summed E-state index contributed by atoms with van der Waals surface area (Å²) in [6, 6.07) is 4.41. The number of urea groups is 1. The van der Waals surface area contributed by atoms with Crippen molar-refractivity contribution in [3.63, 3.8) is 0 Å². The van der Waals surface area contributed by atoms with Gasteiger partial charge < -0.3 is 10.1 Å². The van der Waals surface area contributed by atoms with Gasteiger partial charge in [0.2, 0.25) is 10.0 Å². The summed E-state index contributed by atoms with van der Waals surface area (Å²) in [4.78, 5) is 35.2. The number of carbonyl (C=O) groups is 3. The Bertz CT molecular complexity index is 863. The predicted octanol–water partition coefficient (Wildman–Crippen LogP) is 1.28. The molecule has 10 heteroatoms. The second-order valence-corrected chi connectivity index (χ2v) is 8.82. The second kappa shape index (κ2) is 10.4. The van der Waals surface area contributed by atoms with E-state index in [1.807, 2.05) is 6.92 Å². The fourth-order valence-electron chi connectivity index (χ4n) is 3.14. The first-order valence-corrected chi connectivity index (χ1v) is 11.0.